The first-order valence-electron chi connectivity index (χ1n) is 10.2. The maximum absolute atomic E-state index is 13.2. The van der Waals surface area contributed by atoms with E-state index in [1.165, 1.54) is 12.1 Å². The maximum atomic E-state index is 13.2. The summed E-state index contributed by atoms with van der Waals surface area (Å²) in [7, 11) is 0. The zero-order valence-electron chi connectivity index (χ0n) is 17.8. The number of rotatable bonds is 6. The van der Waals surface area contributed by atoms with Crippen LogP contribution in [0.3, 0.4) is 0 Å². The molecule has 1 saturated carbocycles. The quantitative estimate of drug-likeness (QED) is 0.680. The van der Waals surface area contributed by atoms with Gasteiger partial charge in [0.15, 0.2) is 0 Å². The number of carbonyl (C=O) groups is 1. The molecule has 1 aromatic carbocycles. The van der Waals surface area contributed by atoms with Crippen molar-refractivity contribution in [3.05, 3.63) is 70.1 Å². The van der Waals surface area contributed by atoms with Gasteiger partial charge in [0, 0.05) is 34.6 Å². The Bertz CT molecular complexity index is 1080. The van der Waals surface area contributed by atoms with Gasteiger partial charge in [0.05, 0.1) is 12.1 Å². The van der Waals surface area contributed by atoms with E-state index < -0.39 is 0 Å². The first-order chi connectivity index (χ1) is 14.3. The molecule has 0 aliphatic heterocycles. The van der Waals surface area contributed by atoms with E-state index in [4.69, 9.17) is 0 Å². The average Bonchev–Trinajstić information content (AvgIpc) is 3.43. The number of carbonyl (C=O) groups excluding carboxylic acids is 1. The van der Waals surface area contributed by atoms with E-state index in [2.05, 4.69) is 20.4 Å². The molecule has 1 fully saturated rings. The highest BCUT2D eigenvalue weighted by Crippen LogP contribution is 2.47. The van der Waals surface area contributed by atoms with Gasteiger partial charge in [0.25, 0.3) is 5.95 Å². The summed E-state index contributed by atoms with van der Waals surface area (Å²) in [6.45, 7) is 8.24. The largest absolute Gasteiger partial charge is 0.355 e. The lowest BCUT2D eigenvalue weighted by Gasteiger charge is -2.16. The summed E-state index contributed by atoms with van der Waals surface area (Å²) in [5.41, 5.74) is 5.32. The molecule has 1 amide bonds. The number of halogens is 1. The Morgan fingerprint density at radius 2 is 1.73 bits per heavy atom. The molecule has 0 bridgehead atoms. The van der Waals surface area contributed by atoms with Crippen molar-refractivity contribution in [3.8, 4) is 5.95 Å². The van der Waals surface area contributed by atoms with Gasteiger partial charge >= 0.3 is 0 Å². The maximum Gasteiger partial charge on any atom is 0.251 e. The summed E-state index contributed by atoms with van der Waals surface area (Å²) >= 11 is 0. The summed E-state index contributed by atoms with van der Waals surface area (Å²) in [5, 5.41) is 7.64. The van der Waals surface area contributed by atoms with Crippen LogP contribution in [0.5, 0.6) is 0 Å². The Labute approximate surface area is 175 Å². The fourth-order valence-corrected chi connectivity index (χ4v) is 3.94. The van der Waals surface area contributed by atoms with Gasteiger partial charge in [0.1, 0.15) is 5.82 Å². The van der Waals surface area contributed by atoms with Crippen molar-refractivity contribution in [3.63, 3.8) is 0 Å². The number of amides is 1. The smallest absolute Gasteiger partial charge is 0.251 e. The summed E-state index contributed by atoms with van der Waals surface area (Å²) in [6.07, 6.45) is 2.25. The number of hydrogen-bond acceptors (Lipinski definition) is 4. The highest BCUT2D eigenvalue weighted by Gasteiger charge is 2.44. The van der Waals surface area contributed by atoms with Crippen molar-refractivity contribution < 1.29 is 9.18 Å². The minimum atomic E-state index is -0.241. The van der Waals surface area contributed by atoms with Crippen LogP contribution in [0, 0.1) is 33.5 Å². The van der Waals surface area contributed by atoms with Crippen LogP contribution in [-0.4, -0.2) is 32.2 Å². The summed E-state index contributed by atoms with van der Waals surface area (Å²) in [6, 6.07) is 8.51. The predicted molar refractivity (Wildman–Crippen MR) is 112 cm³/mol. The molecule has 0 atom stereocenters. The van der Waals surface area contributed by atoms with Gasteiger partial charge in [-0.1, -0.05) is 12.1 Å². The number of hydrogen-bond donors (Lipinski definition) is 1. The Hall–Kier alpha value is -3.09. The second-order valence-electron chi connectivity index (χ2n) is 8.25. The molecule has 0 unspecified atom stereocenters. The molecule has 6 nitrogen and oxygen atoms in total. The third-order valence-electron chi connectivity index (χ3n) is 5.87. The standard InChI is InChI=1S/C23H26FN5O/c1-14-11-15(2)27-22(26-14)29-17(4)20(16(3)28-29)12-21(30)25-13-23(9-10-23)18-5-7-19(24)8-6-18/h5-8,11H,9-10,12-13H2,1-4H3,(H,25,30). The van der Waals surface area contributed by atoms with Crippen LogP contribution < -0.4 is 5.32 Å². The molecular formula is C23H26FN5O. The van der Waals surface area contributed by atoms with Crippen LogP contribution >= 0.6 is 0 Å². The van der Waals surface area contributed by atoms with Gasteiger partial charge in [0.2, 0.25) is 5.91 Å². The minimum Gasteiger partial charge on any atom is -0.355 e. The normalized spacial score (nSPS) is 14.6. The van der Waals surface area contributed by atoms with Crippen molar-refractivity contribution in [2.24, 2.45) is 0 Å². The van der Waals surface area contributed by atoms with Gasteiger partial charge in [-0.05, 0) is 64.3 Å². The SMILES string of the molecule is Cc1cc(C)nc(-n2nc(C)c(CC(=O)NCC3(c4ccc(F)cc4)CC3)c2C)n1. The fraction of sp³-hybridized carbons (Fsp3) is 0.391. The Kier molecular flexibility index (Phi) is 5.13. The minimum absolute atomic E-state index is 0.0459. The summed E-state index contributed by atoms with van der Waals surface area (Å²) in [5.74, 6) is 0.234. The first kappa shape index (κ1) is 20.2. The summed E-state index contributed by atoms with van der Waals surface area (Å²) in [4.78, 5) is 21.6. The summed E-state index contributed by atoms with van der Waals surface area (Å²) < 4.78 is 14.9. The number of nitrogens with one attached hydrogen (secondary N) is 1. The molecular weight excluding hydrogens is 381 g/mol. The van der Waals surface area contributed by atoms with Crippen LogP contribution in [0.2, 0.25) is 0 Å². The molecule has 156 valence electrons. The van der Waals surface area contributed by atoms with Crippen LogP contribution in [0.4, 0.5) is 4.39 Å². The number of benzene rings is 1. The third-order valence-corrected chi connectivity index (χ3v) is 5.87. The molecule has 1 N–H and O–H groups in total. The predicted octanol–water partition coefficient (Wildman–Crippen LogP) is 3.43. The van der Waals surface area contributed by atoms with Crippen molar-refractivity contribution in [1.82, 2.24) is 25.1 Å². The van der Waals surface area contributed by atoms with Crippen molar-refractivity contribution in [2.45, 2.75) is 52.4 Å². The highest BCUT2D eigenvalue weighted by atomic mass is 19.1. The first-order valence-corrected chi connectivity index (χ1v) is 10.2. The zero-order valence-corrected chi connectivity index (χ0v) is 17.8. The molecule has 7 heteroatoms. The Balaban J connectivity index is 1.46. The van der Waals surface area contributed by atoms with Gasteiger partial charge in [-0.25, -0.2) is 19.0 Å². The van der Waals surface area contributed by atoms with Crippen LogP contribution in [0.25, 0.3) is 5.95 Å². The molecule has 1 aliphatic carbocycles. The van der Waals surface area contributed by atoms with Crippen molar-refractivity contribution in [1.29, 1.82) is 0 Å². The molecule has 4 rings (SSSR count). The molecule has 0 saturated heterocycles. The number of nitrogens with zero attached hydrogens (tertiary/aromatic N) is 4. The average molecular weight is 407 g/mol. The number of aromatic nitrogens is 4. The third kappa shape index (κ3) is 3.97. The fourth-order valence-electron chi connectivity index (χ4n) is 3.94. The highest BCUT2D eigenvalue weighted by molar-refractivity contribution is 5.79. The zero-order chi connectivity index (χ0) is 21.5. The number of aryl methyl sites for hydroxylation is 3. The van der Waals surface area contributed by atoms with Crippen LogP contribution in [0.15, 0.2) is 30.3 Å². The lowest BCUT2D eigenvalue weighted by molar-refractivity contribution is -0.120. The molecule has 30 heavy (non-hydrogen) atoms. The Morgan fingerprint density at radius 3 is 2.33 bits per heavy atom. The monoisotopic (exact) mass is 407 g/mol. The lowest BCUT2D eigenvalue weighted by atomic mass is 9.96. The molecule has 2 heterocycles. The molecule has 0 radical (unpaired) electrons. The van der Waals surface area contributed by atoms with Crippen LogP contribution in [-0.2, 0) is 16.6 Å². The van der Waals surface area contributed by atoms with E-state index in [1.54, 1.807) is 4.68 Å². The van der Waals surface area contributed by atoms with Gasteiger partial charge in [-0.3, -0.25) is 4.79 Å². The van der Waals surface area contributed by atoms with Crippen molar-refractivity contribution >= 4 is 5.91 Å². The van der Waals surface area contributed by atoms with E-state index >= 15 is 0 Å². The van der Waals surface area contributed by atoms with Gasteiger partial charge < -0.3 is 5.32 Å². The van der Waals surface area contributed by atoms with E-state index in [1.807, 2.05) is 45.9 Å². The van der Waals surface area contributed by atoms with Gasteiger partial charge in [-0.2, -0.15) is 5.10 Å². The van der Waals surface area contributed by atoms with E-state index in [0.717, 1.165) is 46.7 Å². The van der Waals surface area contributed by atoms with Crippen molar-refractivity contribution in [2.75, 3.05) is 6.54 Å². The van der Waals surface area contributed by atoms with E-state index in [-0.39, 0.29) is 23.6 Å². The second-order valence-corrected chi connectivity index (χ2v) is 8.25. The van der Waals surface area contributed by atoms with E-state index in [9.17, 15) is 9.18 Å². The Morgan fingerprint density at radius 1 is 1.10 bits per heavy atom. The molecule has 0 spiro atoms. The molecule has 3 aromatic rings. The van der Waals surface area contributed by atoms with E-state index in [0.29, 0.717) is 12.5 Å². The molecule has 1 aliphatic rings. The lowest BCUT2D eigenvalue weighted by Crippen LogP contribution is -2.33. The molecule has 2 aromatic heterocycles. The second kappa shape index (κ2) is 7.63. The topological polar surface area (TPSA) is 72.7 Å². The van der Waals surface area contributed by atoms with Gasteiger partial charge in [-0.15, -0.1) is 0 Å². The van der Waals surface area contributed by atoms with Crippen LogP contribution in [0.1, 0.15) is 46.7 Å².